The molecule has 0 bridgehead atoms. The van der Waals surface area contributed by atoms with Crippen LogP contribution in [0.3, 0.4) is 0 Å². The van der Waals surface area contributed by atoms with E-state index in [2.05, 4.69) is 10.1 Å². The van der Waals surface area contributed by atoms with Crippen molar-refractivity contribution >= 4 is 23.4 Å². The standard InChI is InChI=1S/C21H24ClN3O7/c1-21(2,20(28)30-14-31-23-25(29)24(3)12-13-26)32-18-10-6-16(7-11-18)19(27)15-4-8-17(22)9-5-15/h4-11,26H,12-14H2,1-3H3/b25-23-. The van der Waals surface area contributed by atoms with Crippen LogP contribution in [0.15, 0.2) is 53.8 Å². The number of esters is 1. The monoisotopic (exact) mass is 465 g/mol. The van der Waals surface area contributed by atoms with Crippen molar-refractivity contribution in [3.8, 4) is 5.75 Å². The molecule has 0 saturated heterocycles. The summed E-state index contributed by atoms with van der Waals surface area (Å²) in [5.41, 5.74) is -0.435. The first kappa shape index (κ1) is 24.9. The van der Waals surface area contributed by atoms with Gasteiger partial charge in [0.2, 0.25) is 5.28 Å². The Morgan fingerprint density at radius 3 is 2.25 bits per heavy atom. The van der Waals surface area contributed by atoms with E-state index >= 15 is 0 Å². The molecule has 0 aliphatic rings. The van der Waals surface area contributed by atoms with E-state index in [-0.39, 0.29) is 23.9 Å². The predicted octanol–water partition coefficient (Wildman–Crippen LogP) is 2.96. The molecule has 0 aromatic heterocycles. The first-order valence-corrected chi connectivity index (χ1v) is 9.90. The molecule has 0 unspecified atom stereocenters. The normalized spacial score (nSPS) is 11.6. The van der Waals surface area contributed by atoms with Crippen LogP contribution in [0.5, 0.6) is 5.75 Å². The number of aliphatic hydroxyl groups is 1. The smallest absolute Gasteiger partial charge is 0.352 e. The Labute approximate surface area is 190 Å². The average Bonchev–Trinajstić information content (AvgIpc) is 2.76. The highest BCUT2D eigenvalue weighted by Gasteiger charge is 2.32. The van der Waals surface area contributed by atoms with Crippen LogP contribution in [0.2, 0.25) is 5.02 Å². The summed E-state index contributed by atoms with van der Waals surface area (Å²) in [5, 5.41) is 25.0. The van der Waals surface area contributed by atoms with Crippen molar-refractivity contribution in [1.29, 1.82) is 0 Å². The van der Waals surface area contributed by atoms with Crippen LogP contribution >= 0.6 is 11.6 Å². The molecule has 172 valence electrons. The molecular weight excluding hydrogens is 442 g/mol. The van der Waals surface area contributed by atoms with Crippen LogP contribution in [0.1, 0.15) is 29.8 Å². The van der Waals surface area contributed by atoms with Gasteiger partial charge in [0, 0.05) is 16.1 Å². The third kappa shape index (κ3) is 7.10. The van der Waals surface area contributed by atoms with Gasteiger partial charge in [-0.15, -0.1) is 5.01 Å². The summed E-state index contributed by atoms with van der Waals surface area (Å²) in [7, 11) is 1.40. The predicted molar refractivity (Wildman–Crippen MR) is 114 cm³/mol. The number of likely N-dealkylation sites (N-methyl/N-ethyl adjacent to an activating group) is 1. The molecule has 0 spiro atoms. The zero-order valence-electron chi connectivity index (χ0n) is 17.9. The Kier molecular flexibility index (Phi) is 8.80. The van der Waals surface area contributed by atoms with Gasteiger partial charge in [0.1, 0.15) is 5.75 Å². The first-order valence-electron chi connectivity index (χ1n) is 9.52. The summed E-state index contributed by atoms with van der Waals surface area (Å²) >= 11 is 5.84. The molecule has 0 radical (unpaired) electrons. The highest BCUT2D eigenvalue weighted by molar-refractivity contribution is 6.30. The van der Waals surface area contributed by atoms with Crippen molar-refractivity contribution < 1.29 is 34.0 Å². The van der Waals surface area contributed by atoms with Crippen LogP contribution in [0.25, 0.3) is 0 Å². The molecule has 0 heterocycles. The largest absolute Gasteiger partial charge is 0.569 e. The molecule has 11 heteroatoms. The number of hydrogen-bond donors (Lipinski definition) is 1. The minimum atomic E-state index is -1.38. The average molecular weight is 466 g/mol. The molecule has 1 N–H and O–H groups in total. The maximum absolute atomic E-state index is 12.5. The lowest BCUT2D eigenvalue weighted by Crippen LogP contribution is -2.40. The van der Waals surface area contributed by atoms with Gasteiger partial charge >= 0.3 is 5.97 Å². The zero-order valence-corrected chi connectivity index (χ0v) is 18.6. The highest BCUT2D eigenvalue weighted by atomic mass is 35.5. The number of hydrazine groups is 1. The number of nitrogens with zero attached hydrogens (tertiary/aromatic N) is 3. The maximum atomic E-state index is 12.5. The maximum Gasteiger partial charge on any atom is 0.352 e. The minimum Gasteiger partial charge on any atom is -0.569 e. The molecule has 0 saturated carbocycles. The first-order chi connectivity index (χ1) is 15.1. The van der Waals surface area contributed by atoms with Crippen molar-refractivity contribution in [3.63, 3.8) is 0 Å². The quantitative estimate of drug-likeness (QED) is 0.102. The Bertz CT molecular complexity index is 947. The van der Waals surface area contributed by atoms with Gasteiger partial charge in [0.25, 0.3) is 6.79 Å². The SMILES string of the molecule is CN(CCO)/[N+]([O-])=N/OCOC(=O)C(C)(C)Oc1ccc(C(=O)c2ccc(Cl)cc2)cc1. The van der Waals surface area contributed by atoms with Crippen molar-refractivity contribution in [1.82, 2.24) is 5.01 Å². The van der Waals surface area contributed by atoms with E-state index in [9.17, 15) is 14.8 Å². The van der Waals surface area contributed by atoms with Crippen molar-refractivity contribution in [3.05, 3.63) is 69.9 Å². The minimum absolute atomic E-state index is 0.0567. The van der Waals surface area contributed by atoms with Crippen LogP contribution in [-0.4, -0.2) is 59.4 Å². The summed E-state index contributed by atoms with van der Waals surface area (Å²) in [5.74, 6) is -0.582. The number of aliphatic hydroxyl groups excluding tert-OH is 1. The van der Waals surface area contributed by atoms with E-state index in [0.717, 1.165) is 5.01 Å². The molecular formula is C21H24ClN3O7. The van der Waals surface area contributed by atoms with Gasteiger partial charge < -0.3 is 24.6 Å². The molecule has 10 nitrogen and oxygen atoms in total. The van der Waals surface area contributed by atoms with Crippen molar-refractivity contribution in [2.75, 3.05) is 27.0 Å². The number of carbonyl (C=O) groups is 2. The van der Waals surface area contributed by atoms with Crippen LogP contribution in [0, 0.1) is 5.21 Å². The van der Waals surface area contributed by atoms with Gasteiger partial charge in [-0.25, -0.2) is 4.79 Å². The van der Waals surface area contributed by atoms with Crippen molar-refractivity contribution in [2.45, 2.75) is 19.4 Å². The molecule has 32 heavy (non-hydrogen) atoms. The van der Waals surface area contributed by atoms with Gasteiger partial charge in [0.05, 0.1) is 25.2 Å². The lowest BCUT2D eigenvalue weighted by atomic mass is 10.0. The molecule has 0 aliphatic heterocycles. The summed E-state index contributed by atoms with van der Waals surface area (Å²) in [4.78, 5) is 29.5. The Balaban J connectivity index is 1.90. The summed E-state index contributed by atoms with van der Waals surface area (Å²) in [6.45, 7) is 2.21. The van der Waals surface area contributed by atoms with Gasteiger partial charge in [-0.05, 0) is 62.4 Å². The van der Waals surface area contributed by atoms with Gasteiger partial charge in [-0.3, -0.25) is 4.79 Å². The second-order valence-corrected chi connectivity index (χ2v) is 7.53. The number of rotatable bonds is 11. The summed E-state index contributed by atoms with van der Waals surface area (Å²) < 4.78 is 10.6. The number of ether oxygens (including phenoxy) is 2. The lowest BCUT2D eigenvalue weighted by molar-refractivity contribution is -0.706. The Morgan fingerprint density at radius 2 is 1.69 bits per heavy atom. The van der Waals surface area contributed by atoms with Gasteiger partial charge in [0.15, 0.2) is 11.4 Å². The second-order valence-electron chi connectivity index (χ2n) is 7.09. The summed E-state index contributed by atoms with van der Waals surface area (Å²) in [6.07, 6.45) is 0. The second kappa shape index (κ2) is 11.3. The fourth-order valence-electron chi connectivity index (χ4n) is 2.40. The number of hydrogen-bond acceptors (Lipinski definition) is 8. The van der Waals surface area contributed by atoms with Gasteiger partial charge in [-0.2, -0.15) is 0 Å². The number of carbonyl (C=O) groups excluding carboxylic acids is 2. The number of ketones is 1. The molecule has 0 amide bonds. The highest BCUT2D eigenvalue weighted by Crippen LogP contribution is 2.22. The van der Waals surface area contributed by atoms with Crippen LogP contribution in [0.4, 0.5) is 0 Å². The summed E-state index contributed by atoms with van der Waals surface area (Å²) in [6, 6.07) is 12.9. The molecule has 2 aromatic carbocycles. The van der Waals surface area contributed by atoms with E-state index < -0.39 is 18.4 Å². The van der Waals surface area contributed by atoms with E-state index in [1.807, 2.05) is 0 Å². The van der Waals surface area contributed by atoms with E-state index in [0.29, 0.717) is 21.9 Å². The number of benzene rings is 2. The van der Waals surface area contributed by atoms with E-state index in [1.54, 1.807) is 48.5 Å². The lowest BCUT2D eigenvalue weighted by Gasteiger charge is -2.23. The van der Waals surface area contributed by atoms with E-state index in [1.165, 1.54) is 20.9 Å². The topological polar surface area (TPSA) is 124 Å². The molecule has 0 aliphatic carbocycles. The van der Waals surface area contributed by atoms with Crippen LogP contribution in [-0.2, 0) is 14.4 Å². The Hall–Kier alpha value is -3.37. The molecule has 2 aromatic rings. The fraction of sp³-hybridized carbons (Fsp3) is 0.333. The van der Waals surface area contributed by atoms with Gasteiger partial charge in [-0.1, -0.05) is 11.6 Å². The molecule has 2 rings (SSSR count). The Morgan fingerprint density at radius 1 is 1.12 bits per heavy atom. The number of halogens is 1. The zero-order chi connectivity index (χ0) is 23.7. The molecule has 0 atom stereocenters. The van der Waals surface area contributed by atoms with Crippen molar-refractivity contribution in [2.24, 2.45) is 5.28 Å². The third-order valence-corrected chi connectivity index (χ3v) is 4.43. The van der Waals surface area contributed by atoms with Crippen LogP contribution < -0.4 is 4.74 Å². The molecule has 0 fully saturated rings. The fourth-order valence-corrected chi connectivity index (χ4v) is 2.52. The van der Waals surface area contributed by atoms with E-state index in [4.69, 9.17) is 26.2 Å². The third-order valence-electron chi connectivity index (χ3n) is 4.17.